The molecule has 0 spiro atoms. The monoisotopic (exact) mass is 274 g/mol. The number of carbonyl (C=O) groups is 1. The topological polar surface area (TPSA) is 57.3 Å². The van der Waals surface area contributed by atoms with Crippen molar-refractivity contribution in [2.45, 2.75) is 25.5 Å². The highest BCUT2D eigenvalue weighted by Crippen LogP contribution is 2.37. The molecular formula is C15H15FN2O2. The van der Waals surface area contributed by atoms with Crippen molar-refractivity contribution in [1.82, 2.24) is 4.57 Å². The van der Waals surface area contributed by atoms with Crippen LogP contribution in [0.4, 0.5) is 10.1 Å². The summed E-state index contributed by atoms with van der Waals surface area (Å²) in [6, 6.07) is 7.86. The maximum Gasteiger partial charge on any atom is 0.355 e. The third-order valence-electron chi connectivity index (χ3n) is 3.30. The molecule has 0 radical (unpaired) electrons. The van der Waals surface area contributed by atoms with Crippen LogP contribution in [0, 0.1) is 5.82 Å². The van der Waals surface area contributed by atoms with Crippen LogP contribution in [-0.4, -0.2) is 10.5 Å². The van der Waals surface area contributed by atoms with Gasteiger partial charge >= 0.3 is 5.97 Å². The fourth-order valence-corrected chi connectivity index (χ4v) is 2.12. The lowest BCUT2D eigenvalue weighted by Crippen LogP contribution is -2.11. The van der Waals surface area contributed by atoms with Crippen LogP contribution < -0.4 is 5.73 Å². The molecule has 2 aromatic rings. The number of ether oxygens (including phenoxy) is 1. The van der Waals surface area contributed by atoms with Crippen molar-refractivity contribution in [3.05, 3.63) is 53.6 Å². The van der Waals surface area contributed by atoms with Crippen molar-refractivity contribution in [1.29, 1.82) is 0 Å². The van der Waals surface area contributed by atoms with E-state index in [1.54, 1.807) is 24.4 Å². The minimum atomic E-state index is -0.405. The highest BCUT2D eigenvalue weighted by Gasteiger charge is 2.28. The van der Waals surface area contributed by atoms with Crippen molar-refractivity contribution in [2.24, 2.45) is 0 Å². The van der Waals surface area contributed by atoms with Gasteiger partial charge in [-0.15, -0.1) is 0 Å². The zero-order chi connectivity index (χ0) is 14.1. The van der Waals surface area contributed by atoms with Gasteiger partial charge in [-0.25, -0.2) is 9.18 Å². The first-order chi connectivity index (χ1) is 9.63. The van der Waals surface area contributed by atoms with E-state index in [1.807, 2.05) is 4.57 Å². The van der Waals surface area contributed by atoms with Crippen LogP contribution in [0.2, 0.25) is 0 Å². The standard InChI is InChI=1S/C15H15FN2O2/c16-11-3-1-10(2-4-11)9-20-15(19)14-7-12(17)8-18(14)13-5-6-13/h1-4,7-8,13H,5-6,9,17H2. The van der Waals surface area contributed by atoms with E-state index in [-0.39, 0.29) is 12.4 Å². The summed E-state index contributed by atoms with van der Waals surface area (Å²) in [6.07, 6.45) is 3.89. The maximum absolute atomic E-state index is 12.8. The minimum absolute atomic E-state index is 0.120. The largest absolute Gasteiger partial charge is 0.456 e. The Morgan fingerprint density at radius 1 is 1.35 bits per heavy atom. The van der Waals surface area contributed by atoms with Crippen LogP contribution in [0.5, 0.6) is 0 Å². The summed E-state index contributed by atoms with van der Waals surface area (Å²) in [5, 5.41) is 0. The molecule has 0 amide bonds. The third-order valence-corrected chi connectivity index (χ3v) is 3.30. The van der Waals surface area contributed by atoms with E-state index < -0.39 is 5.97 Å². The average molecular weight is 274 g/mol. The first kappa shape index (κ1) is 12.7. The minimum Gasteiger partial charge on any atom is -0.456 e. The predicted molar refractivity (Wildman–Crippen MR) is 72.6 cm³/mol. The first-order valence-electron chi connectivity index (χ1n) is 6.52. The number of benzene rings is 1. The number of aromatic nitrogens is 1. The van der Waals surface area contributed by atoms with E-state index >= 15 is 0 Å². The Morgan fingerprint density at radius 3 is 2.70 bits per heavy atom. The summed E-state index contributed by atoms with van der Waals surface area (Å²) in [4.78, 5) is 12.1. The lowest BCUT2D eigenvalue weighted by molar-refractivity contribution is 0.0460. The van der Waals surface area contributed by atoms with Crippen LogP contribution in [0.3, 0.4) is 0 Å². The molecule has 1 aromatic heterocycles. The van der Waals surface area contributed by atoms with Gasteiger partial charge < -0.3 is 15.0 Å². The molecule has 0 unspecified atom stereocenters. The van der Waals surface area contributed by atoms with Crippen molar-refractivity contribution < 1.29 is 13.9 Å². The molecule has 20 heavy (non-hydrogen) atoms. The number of anilines is 1. The van der Waals surface area contributed by atoms with Gasteiger partial charge in [0.05, 0.1) is 5.69 Å². The summed E-state index contributed by atoms with van der Waals surface area (Å²) < 4.78 is 19.9. The Balaban J connectivity index is 1.68. The van der Waals surface area contributed by atoms with Gasteiger partial charge in [-0.05, 0) is 36.6 Å². The Bertz CT molecular complexity index is 630. The van der Waals surface area contributed by atoms with Gasteiger partial charge in [0.1, 0.15) is 18.1 Å². The van der Waals surface area contributed by atoms with Crippen LogP contribution >= 0.6 is 0 Å². The number of rotatable bonds is 4. The average Bonchev–Trinajstić information content (AvgIpc) is 3.20. The smallest absolute Gasteiger partial charge is 0.355 e. The van der Waals surface area contributed by atoms with E-state index in [2.05, 4.69) is 0 Å². The van der Waals surface area contributed by atoms with Crippen molar-refractivity contribution in [3.63, 3.8) is 0 Å². The van der Waals surface area contributed by atoms with E-state index in [4.69, 9.17) is 10.5 Å². The van der Waals surface area contributed by atoms with Crippen molar-refractivity contribution in [2.75, 3.05) is 5.73 Å². The molecule has 104 valence electrons. The summed E-state index contributed by atoms with van der Waals surface area (Å²) in [5.74, 6) is -0.714. The van der Waals surface area contributed by atoms with Crippen LogP contribution in [-0.2, 0) is 11.3 Å². The Labute approximate surface area is 116 Å². The molecule has 1 aliphatic carbocycles. The number of nitrogen functional groups attached to an aromatic ring is 1. The van der Waals surface area contributed by atoms with E-state index in [9.17, 15) is 9.18 Å². The number of nitrogens with two attached hydrogens (primary N) is 1. The summed E-state index contributed by atoms with van der Waals surface area (Å²) in [6.45, 7) is 0.120. The first-order valence-corrected chi connectivity index (χ1v) is 6.52. The zero-order valence-electron chi connectivity index (χ0n) is 10.9. The zero-order valence-corrected chi connectivity index (χ0v) is 10.9. The highest BCUT2D eigenvalue weighted by molar-refractivity contribution is 5.89. The predicted octanol–water partition coefficient (Wildman–Crippen LogP) is 2.90. The molecule has 0 saturated heterocycles. The third kappa shape index (κ3) is 2.66. The molecule has 4 nitrogen and oxygen atoms in total. The fourth-order valence-electron chi connectivity index (χ4n) is 2.12. The van der Waals surface area contributed by atoms with Gasteiger partial charge in [0.25, 0.3) is 0 Å². The molecule has 2 N–H and O–H groups in total. The molecule has 1 heterocycles. The number of hydrogen-bond acceptors (Lipinski definition) is 3. The summed E-state index contributed by atoms with van der Waals surface area (Å²) in [7, 11) is 0. The van der Waals surface area contributed by atoms with Gasteiger partial charge in [0, 0.05) is 12.2 Å². The van der Waals surface area contributed by atoms with E-state index in [0.29, 0.717) is 17.4 Å². The van der Waals surface area contributed by atoms with Gasteiger partial charge in [0.15, 0.2) is 0 Å². The Morgan fingerprint density at radius 2 is 2.05 bits per heavy atom. The number of nitrogens with zero attached hydrogens (tertiary/aromatic N) is 1. The number of esters is 1. The molecule has 1 aromatic carbocycles. The second-order valence-electron chi connectivity index (χ2n) is 5.00. The molecule has 1 saturated carbocycles. The molecule has 0 atom stereocenters. The molecule has 1 aliphatic rings. The molecule has 0 aliphatic heterocycles. The van der Waals surface area contributed by atoms with Gasteiger partial charge in [-0.3, -0.25) is 0 Å². The number of halogens is 1. The SMILES string of the molecule is Nc1cc(C(=O)OCc2ccc(F)cc2)n(C2CC2)c1. The van der Waals surface area contributed by atoms with Crippen LogP contribution in [0.15, 0.2) is 36.5 Å². The van der Waals surface area contributed by atoms with Crippen molar-refractivity contribution >= 4 is 11.7 Å². The van der Waals surface area contributed by atoms with Crippen LogP contribution in [0.25, 0.3) is 0 Å². The maximum atomic E-state index is 12.8. The lowest BCUT2D eigenvalue weighted by atomic mass is 10.2. The molecule has 0 bridgehead atoms. The van der Waals surface area contributed by atoms with E-state index in [0.717, 1.165) is 18.4 Å². The van der Waals surface area contributed by atoms with Gasteiger partial charge in [-0.2, -0.15) is 0 Å². The summed E-state index contributed by atoms with van der Waals surface area (Å²) >= 11 is 0. The lowest BCUT2D eigenvalue weighted by Gasteiger charge is -2.08. The molecule has 3 rings (SSSR count). The number of hydrogen-bond donors (Lipinski definition) is 1. The normalized spacial score (nSPS) is 14.2. The van der Waals surface area contributed by atoms with Crippen LogP contribution in [0.1, 0.15) is 34.9 Å². The number of carbonyl (C=O) groups excluding carboxylic acids is 1. The Kier molecular flexibility index (Phi) is 3.18. The van der Waals surface area contributed by atoms with Gasteiger partial charge in [-0.1, -0.05) is 12.1 Å². The quantitative estimate of drug-likeness (QED) is 0.872. The van der Waals surface area contributed by atoms with Gasteiger partial charge in [0.2, 0.25) is 0 Å². The molecular weight excluding hydrogens is 259 g/mol. The molecule has 5 heteroatoms. The second kappa shape index (κ2) is 5.00. The Hall–Kier alpha value is -2.30. The second-order valence-corrected chi connectivity index (χ2v) is 5.00. The van der Waals surface area contributed by atoms with Crippen molar-refractivity contribution in [3.8, 4) is 0 Å². The molecule has 1 fully saturated rings. The van der Waals surface area contributed by atoms with E-state index in [1.165, 1.54) is 12.1 Å². The summed E-state index contributed by atoms with van der Waals surface area (Å²) in [5.41, 5.74) is 7.52. The highest BCUT2D eigenvalue weighted by atomic mass is 19.1. The fraction of sp³-hybridized carbons (Fsp3) is 0.267.